The molecular formula is C16H14ClNO3. The molecule has 1 aliphatic rings. The van der Waals surface area contributed by atoms with Gasteiger partial charge >= 0.3 is 0 Å². The number of carbonyl (C=O) groups is 1. The minimum atomic E-state index is -0.164. The lowest BCUT2D eigenvalue weighted by atomic mass is 10.1. The zero-order valence-corrected chi connectivity index (χ0v) is 12.2. The summed E-state index contributed by atoms with van der Waals surface area (Å²) in [6.45, 7) is 2.15. The Hall–Kier alpha value is -2.20. The summed E-state index contributed by atoms with van der Waals surface area (Å²) in [4.78, 5) is 12.2. The van der Waals surface area contributed by atoms with E-state index in [1.54, 1.807) is 24.3 Å². The maximum absolute atomic E-state index is 12.2. The van der Waals surface area contributed by atoms with Crippen LogP contribution in [0.5, 0.6) is 11.5 Å². The molecule has 5 heteroatoms. The van der Waals surface area contributed by atoms with Gasteiger partial charge in [-0.05, 0) is 42.8 Å². The van der Waals surface area contributed by atoms with E-state index in [1.807, 2.05) is 25.1 Å². The van der Waals surface area contributed by atoms with Crippen molar-refractivity contribution in [2.45, 2.75) is 13.0 Å². The Kier molecular flexibility index (Phi) is 3.71. The van der Waals surface area contributed by atoms with Crippen LogP contribution in [0.1, 0.15) is 28.9 Å². The number of carbonyl (C=O) groups excluding carboxylic acids is 1. The van der Waals surface area contributed by atoms with Crippen molar-refractivity contribution >= 4 is 17.5 Å². The first-order valence-corrected chi connectivity index (χ1v) is 6.97. The highest BCUT2D eigenvalue weighted by Gasteiger charge is 2.17. The van der Waals surface area contributed by atoms with Crippen LogP contribution >= 0.6 is 11.6 Å². The van der Waals surface area contributed by atoms with Crippen molar-refractivity contribution in [1.29, 1.82) is 0 Å². The number of nitrogens with one attached hydrogen (secondary N) is 1. The molecule has 2 aromatic carbocycles. The molecule has 2 aromatic rings. The van der Waals surface area contributed by atoms with Gasteiger partial charge in [-0.2, -0.15) is 0 Å². The van der Waals surface area contributed by atoms with Crippen molar-refractivity contribution in [3.05, 3.63) is 58.6 Å². The van der Waals surface area contributed by atoms with Gasteiger partial charge in [-0.15, -0.1) is 0 Å². The highest BCUT2D eigenvalue weighted by molar-refractivity contribution is 6.30. The Balaban J connectivity index is 1.74. The van der Waals surface area contributed by atoms with E-state index in [-0.39, 0.29) is 18.7 Å². The van der Waals surface area contributed by atoms with Crippen LogP contribution in [0.3, 0.4) is 0 Å². The molecule has 1 amide bonds. The van der Waals surface area contributed by atoms with E-state index < -0.39 is 0 Å². The summed E-state index contributed by atoms with van der Waals surface area (Å²) in [5, 5.41) is 3.48. The Bertz CT molecular complexity index is 687. The fraction of sp³-hybridized carbons (Fsp3) is 0.188. The van der Waals surface area contributed by atoms with Crippen molar-refractivity contribution in [2.75, 3.05) is 6.79 Å². The van der Waals surface area contributed by atoms with Gasteiger partial charge < -0.3 is 14.8 Å². The summed E-state index contributed by atoms with van der Waals surface area (Å²) in [5.41, 5.74) is 1.49. The minimum Gasteiger partial charge on any atom is -0.454 e. The third-order valence-corrected chi connectivity index (χ3v) is 3.57. The maximum Gasteiger partial charge on any atom is 0.251 e. The van der Waals surface area contributed by atoms with Gasteiger partial charge in [0, 0.05) is 10.6 Å². The van der Waals surface area contributed by atoms with Gasteiger partial charge in [0.1, 0.15) is 0 Å². The highest BCUT2D eigenvalue weighted by Crippen LogP contribution is 2.34. The lowest BCUT2D eigenvalue weighted by Crippen LogP contribution is -2.26. The quantitative estimate of drug-likeness (QED) is 0.943. The Labute approximate surface area is 127 Å². The second-order valence-electron chi connectivity index (χ2n) is 4.82. The fourth-order valence-electron chi connectivity index (χ4n) is 2.18. The van der Waals surface area contributed by atoms with Crippen molar-refractivity contribution in [3.63, 3.8) is 0 Å². The highest BCUT2D eigenvalue weighted by atomic mass is 35.5. The Morgan fingerprint density at radius 3 is 2.81 bits per heavy atom. The number of benzene rings is 2. The van der Waals surface area contributed by atoms with E-state index >= 15 is 0 Å². The van der Waals surface area contributed by atoms with E-state index in [9.17, 15) is 4.79 Å². The molecule has 0 saturated carbocycles. The molecule has 0 saturated heterocycles. The SMILES string of the molecule is C[C@@H](NC(=O)c1cccc(Cl)c1)c1ccc2c(c1)OCO2. The average Bonchev–Trinajstić information content (AvgIpc) is 2.94. The fourth-order valence-corrected chi connectivity index (χ4v) is 2.37. The number of hydrogen-bond donors (Lipinski definition) is 1. The smallest absolute Gasteiger partial charge is 0.251 e. The second-order valence-corrected chi connectivity index (χ2v) is 5.25. The molecule has 0 spiro atoms. The largest absolute Gasteiger partial charge is 0.454 e. The van der Waals surface area contributed by atoms with E-state index in [2.05, 4.69) is 5.32 Å². The number of ether oxygens (including phenoxy) is 2. The summed E-state index contributed by atoms with van der Waals surface area (Å²) in [5.74, 6) is 1.27. The third kappa shape index (κ3) is 2.95. The summed E-state index contributed by atoms with van der Waals surface area (Å²) >= 11 is 5.90. The Morgan fingerprint density at radius 1 is 1.19 bits per heavy atom. The number of fused-ring (bicyclic) bond motifs is 1. The predicted octanol–water partition coefficient (Wildman–Crippen LogP) is 3.56. The normalized spacial score (nSPS) is 13.8. The molecule has 1 aliphatic heterocycles. The summed E-state index contributed by atoms with van der Waals surface area (Å²) in [6.07, 6.45) is 0. The zero-order chi connectivity index (χ0) is 14.8. The molecule has 21 heavy (non-hydrogen) atoms. The van der Waals surface area contributed by atoms with Gasteiger partial charge in [-0.25, -0.2) is 0 Å². The molecule has 108 valence electrons. The van der Waals surface area contributed by atoms with Crippen LogP contribution in [0.2, 0.25) is 5.02 Å². The van der Waals surface area contributed by atoms with Gasteiger partial charge in [0.2, 0.25) is 6.79 Å². The molecule has 4 nitrogen and oxygen atoms in total. The molecule has 3 rings (SSSR count). The Morgan fingerprint density at radius 2 is 2.00 bits per heavy atom. The molecule has 0 radical (unpaired) electrons. The number of halogens is 1. The topological polar surface area (TPSA) is 47.6 Å². The van der Waals surface area contributed by atoms with E-state index in [0.717, 1.165) is 11.3 Å². The second kappa shape index (κ2) is 5.66. The van der Waals surface area contributed by atoms with Crippen LogP contribution in [0.15, 0.2) is 42.5 Å². The first-order valence-electron chi connectivity index (χ1n) is 6.59. The number of amides is 1. The molecule has 1 atom stereocenters. The predicted molar refractivity (Wildman–Crippen MR) is 79.9 cm³/mol. The molecule has 0 aromatic heterocycles. The minimum absolute atomic E-state index is 0.147. The van der Waals surface area contributed by atoms with Gasteiger partial charge in [0.15, 0.2) is 11.5 Å². The average molecular weight is 304 g/mol. The van der Waals surface area contributed by atoms with Gasteiger partial charge in [0.05, 0.1) is 6.04 Å². The van der Waals surface area contributed by atoms with Crippen molar-refractivity contribution < 1.29 is 14.3 Å². The van der Waals surface area contributed by atoms with Crippen LogP contribution in [-0.4, -0.2) is 12.7 Å². The summed E-state index contributed by atoms with van der Waals surface area (Å²) in [7, 11) is 0. The molecule has 1 heterocycles. The van der Waals surface area contributed by atoms with Crippen molar-refractivity contribution in [3.8, 4) is 11.5 Å². The monoisotopic (exact) mass is 303 g/mol. The molecule has 1 N–H and O–H groups in total. The first kappa shape index (κ1) is 13.8. The van der Waals surface area contributed by atoms with Crippen molar-refractivity contribution in [2.24, 2.45) is 0 Å². The lowest BCUT2D eigenvalue weighted by Gasteiger charge is -2.15. The number of hydrogen-bond acceptors (Lipinski definition) is 3. The standard InChI is InChI=1S/C16H14ClNO3/c1-10(11-5-6-14-15(8-11)21-9-20-14)18-16(19)12-3-2-4-13(17)7-12/h2-8,10H,9H2,1H3,(H,18,19)/t10-/m1/s1. The van der Waals surface area contributed by atoms with Gasteiger partial charge in [-0.1, -0.05) is 23.7 Å². The molecular weight excluding hydrogens is 290 g/mol. The molecule has 0 bridgehead atoms. The third-order valence-electron chi connectivity index (χ3n) is 3.33. The summed E-state index contributed by atoms with van der Waals surface area (Å²) < 4.78 is 10.6. The molecule has 0 fully saturated rings. The van der Waals surface area contributed by atoms with Crippen molar-refractivity contribution in [1.82, 2.24) is 5.32 Å². The van der Waals surface area contributed by atoms with Crippen LogP contribution in [0.4, 0.5) is 0 Å². The lowest BCUT2D eigenvalue weighted by molar-refractivity contribution is 0.0940. The van der Waals surface area contributed by atoms with Gasteiger partial charge in [0.25, 0.3) is 5.91 Å². The van der Waals surface area contributed by atoms with E-state index in [4.69, 9.17) is 21.1 Å². The number of rotatable bonds is 3. The molecule has 0 aliphatic carbocycles. The molecule has 0 unspecified atom stereocenters. The van der Waals surface area contributed by atoms with Crippen LogP contribution in [0, 0.1) is 0 Å². The summed E-state index contributed by atoms with van der Waals surface area (Å²) in [6, 6.07) is 12.4. The van der Waals surface area contributed by atoms with Crippen LogP contribution < -0.4 is 14.8 Å². The van der Waals surface area contributed by atoms with Crippen LogP contribution in [-0.2, 0) is 0 Å². The zero-order valence-electron chi connectivity index (χ0n) is 11.4. The maximum atomic E-state index is 12.2. The van der Waals surface area contributed by atoms with E-state index in [1.165, 1.54) is 0 Å². The van der Waals surface area contributed by atoms with E-state index in [0.29, 0.717) is 16.3 Å². The first-order chi connectivity index (χ1) is 10.1. The van der Waals surface area contributed by atoms with Gasteiger partial charge in [-0.3, -0.25) is 4.79 Å². The van der Waals surface area contributed by atoms with Crippen LogP contribution in [0.25, 0.3) is 0 Å².